The minimum atomic E-state index is 0.520. The van der Waals surface area contributed by atoms with E-state index < -0.39 is 0 Å². The van der Waals surface area contributed by atoms with Crippen molar-refractivity contribution in [2.45, 2.75) is 20.1 Å². The summed E-state index contributed by atoms with van der Waals surface area (Å²) in [6.45, 7) is 7.74. The standard InChI is InChI=1S/C21H24N4OS/c1-4-14-26-20-12-10-18(11-13-20)15-23(3)16-24-21(27)25(17(2)22-24)19-8-6-5-7-9-19/h4-13H,1,14-16H2,2-3H3/p+1. The Bertz CT molecular complexity index is 945. The van der Waals surface area contributed by atoms with Gasteiger partial charge in [-0.15, -0.1) is 0 Å². The lowest BCUT2D eigenvalue weighted by atomic mass is 10.2. The first-order valence-electron chi connectivity index (χ1n) is 8.94. The van der Waals surface area contributed by atoms with Gasteiger partial charge < -0.3 is 9.64 Å². The van der Waals surface area contributed by atoms with Crippen LogP contribution in [-0.2, 0) is 13.2 Å². The second kappa shape index (κ2) is 8.79. The van der Waals surface area contributed by atoms with E-state index in [4.69, 9.17) is 17.0 Å². The summed E-state index contributed by atoms with van der Waals surface area (Å²) in [4.78, 5) is 1.29. The molecule has 1 N–H and O–H groups in total. The Hall–Kier alpha value is -2.70. The number of nitrogens with zero attached hydrogens (tertiary/aromatic N) is 3. The number of benzene rings is 2. The van der Waals surface area contributed by atoms with Crippen molar-refractivity contribution in [3.05, 3.63) is 83.4 Å². The highest BCUT2D eigenvalue weighted by molar-refractivity contribution is 7.71. The summed E-state index contributed by atoms with van der Waals surface area (Å²) in [7, 11) is 2.14. The van der Waals surface area contributed by atoms with Crippen LogP contribution in [0.15, 0.2) is 67.3 Å². The number of rotatable bonds is 8. The average molecular weight is 382 g/mol. The maximum absolute atomic E-state index is 5.66. The van der Waals surface area contributed by atoms with Gasteiger partial charge in [0, 0.05) is 11.3 Å². The maximum Gasteiger partial charge on any atom is 0.207 e. The molecule has 2 aromatic carbocycles. The van der Waals surface area contributed by atoms with Gasteiger partial charge in [0.2, 0.25) is 4.77 Å². The number of hydrogen-bond acceptors (Lipinski definition) is 3. The van der Waals surface area contributed by atoms with Crippen molar-refractivity contribution in [1.29, 1.82) is 0 Å². The van der Waals surface area contributed by atoms with Crippen LogP contribution in [-0.4, -0.2) is 28.0 Å². The predicted octanol–water partition coefficient (Wildman–Crippen LogP) is 2.95. The highest BCUT2D eigenvalue weighted by Gasteiger charge is 2.12. The van der Waals surface area contributed by atoms with Crippen LogP contribution in [0.1, 0.15) is 11.4 Å². The third-order valence-electron chi connectivity index (χ3n) is 4.23. The molecule has 0 aliphatic carbocycles. The van der Waals surface area contributed by atoms with Gasteiger partial charge in [0.15, 0.2) is 6.67 Å². The summed E-state index contributed by atoms with van der Waals surface area (Å²) in [6, 6.07) is 18.3. The maximum atomic E-state index is 5.66. The fraction of sp³-hybridized carbons (Fsp3) is 0.238. The van der Waals surface area contributed by atoms with Crippen molar-refractivity contribution < 1.29 is 9.64 Å². The molecule has 0 spiro atoms. The molecule has 1 atom stereocenters. The smallest absolute Gasteiger partial charge is 0.207 e. The van der Waals surface area contributed by atoms with E-state index in [2.05, 4.69) is 30.9 Å². The van der Waals surface area contributed by atoms with Crippen LogP contribution in [0.25, 0.3) is 5.69 Å². The number of aromatic nitrogens is 3. The zero-order chi connectivity index (χ0) is 19.2. The molecule has 1 heterocycles. The Balaban J connectivity index is 1.69. The van der Waals surface area contributed by atoms with E-state index in [1.807, 2.05) is 58.6 Å². The van der Waals surface area contributed by atoms with Crippen LogP contribution in [0, 0.1) is 11.7 Å². The minimum Gasteiger partial charge on any atom is -0.490 e. The van der Waals surface area contributed by atoms with Crippen molar-refractivity contribution in [3.63, 3.8) is 0 Å². The Morgan fingerprint density at radius 3 is 2.52 bits per heavy atom. The van der Waals surface area contributed by atoms with E-state index in [1.165, 1.54) is 10.5 Å². The molecule has 0 radical (unpaired) electrons. The molecule has 0 saturated heterocycles. The molecular weight excluding hydrogens is 356 g/mol. The molecule has 0 amide bonds. The van der Waals surface area contributed by atoms with Crippen molar-refractivity contribution >= 4 is 12.2 Å². The first-order chi connectivity index (χ1) is 13.1. The Morgan fingerprint density at radius 2 is 1.85 bits per heavy atom. The molecule has 1 aromatic heterocycles. The van der Waals surface area contributed by atoms with Crippen LogP contribution in [0.3, 0.4) is 0 Å². The van der Waals surface area contributed by atoms with E-state index >= 15 is 0 Å². The van der Waals surface area contributed by atoms with Gasteiger partial charge in [0.05, 0.1) is 7.05 Å². The van der Waals surface area contributed by atoms with E-state index in [1.54, 1.807) is 6.08 Å². The molecule has 1 unspecified atom stereocenters. The number of hydrogen-bond donors (Lipinski definition) is 1. The van der Waals surface area contributed by atoms with Gasteiger partial charge in [-0.05, 0) is 55.5 Å². The van der Waals surface area contributed by atoms with E-state index in [0.717, 1.165) is 23.8 Å². The van der Waals surface area contributed by atoms with Gasteiger partial charge in [-0.1, -0.05) is 30.9 Å². The third-order valence-corrected chi connectivity index (χ3v) is 4.63. The molecule has 0 saturated carbocycles. The second-order valence-electron chi connectivity index (χ2n) is 6.54. The largest absolute Gasteiger partial charge is 0.490 e. The normalized spacial score (nSPS) is 11.9. The third kappa shape index (κ3) is 4.72. The molecule has 140 valence electrons. The molecule has 5 nitrogen and oxygen atoms in total. The van der Waals surface area contributed by atoms with Gasteiger partial charge in [-0.25, -0.2) is 0 Å². The van der Waals surface area contributed by atoms with Crippen LogP contribution in [0.4, 0.5) is 0 Å². The summed E-state index contributed by atoms with van der Waals surface area (Å²) < 4.78 is 10.1. The summed E-state index contributed by atoms with van der Waals surface area (Å²) in [6.07, 6.45) is 1.74. The van der Waals surface area contributed by atoms with Gasteiger partial charge in [0.25, 0.3) is 0 Å². The summed E-state index contributed by atoms with van der Waals surface area (Å²) in [5.41, 5.74) is 2.28. The first-order valence-corrected chi connectivity index (χ1v) is 9.35. The molecule has 3 rings (SSSR count). The van der Waals surface area contributed by atoms with Gasteiger partial charge >= 0.3 is 0 Å². The zero-order valence-corrected chi connectivity index (χ0v) is 16.6. The number of para-hydroxylation sites is 1. The minimum absolute atomic E-state index is 0.520. The van der Waals surface area contributed by atoms with Crippen LogP contribution >= 0.6 is 12.2 Å². The molecule has 0 bridgehead atoms. The quantitative estimate of drug-likeness (QED) is 0.481. The van der Waals surface area contributed by atoms with Gasteiger partial charge in [0.1, 0.15) is 24.7 Å². The van der Waals surface area contributed by atoms with Crippen molar-refractivity contribution in [2.75, 3.05) is 13.7 Å². The highest BCUT2D eigenvalue weighted by atomic mass is 32.1. The van der Waals surface area contributed by atoms with E-state index in [9.17, 15) is 0 Å². The van der Waals surface area contributed by atoms with Crippen LogP contribution in [0.2, 0.25) is 0 Å². The van der Waals surface area contributed by atoms with Crippen LogP contribution < -0.4 is 9.64 Å². The zero-order valence-electron chi connectivity index (χ0n) is 15.8. The Labute approximate surface area is 165 Å². The molecule has 0 aliphatic heterocycles. The number of quaternary nitrogens is 1. The first kappa shape index (κ1) is 19.1. The van der Waals surface area contributed by atoms with E-state index in [-0.39, 0.29) is 0 Å². The molecular formula is C21H25N4OS+. The van der Waals surface area contributed by atoms with Crippen molar-refractivity contribution in [2.24, 2.45) is 0 Å². The summed E-state index contributed by atoms with van der Waals surface area (Å²) >= 11 is 5.66. The summed E-state index contributed by atoms with van der Waals surface area (Å²) in [5.74, 6) is 1.75. The number of aryl methyl sites for hydroxylation is 1. The monoisotopic (exact) mass is 381 g/mol. The summed E-state index contributed by atoms with van der Waals surface area (Å²) in [5, 5.41) is 4.64. The Kier molecular flexibility index (Phi) is 6.21. The topological polar surface area (TPSA) is 36.4 Å². The second-order valence-corrected chi connectivity index (χ2v) is 6.90. The van der Waals surface area contributed by atoms with E-state index in [0.29, 0.717) is 18.0 Å². The van der Waals surface area contributed by atoms with Gasteiger partial charge in [-0.2, -0.15) is 9.78 Å². The fourth-order valence-electron chi connectivity index (χ4n) is 3.01. The van der Waals surface area contributed by atoms with Crippen LogP contribution in [0.5, 0.6) is 5.75 Å². The number of nitrogens with one attached hydrogen (secondary N) is 1. The predicted molar refractivity (Wildman–Crippen MR) is 110 cm³/mol. The molecule has 0 aliphatic rings. The lowest BCUT2D eigenvalue weighted by Crippen LogP contribution is -3.07. The number of ether oxygens (including phenoxy) is 1. The lowest BCUT2D eigenvalue weighted by Gasteiger charge is -2.14. The molecule has 0 fully saturated rings. The highest BCUT2D eigenvalue weighted by Crippen LogP contribution is 2.12. The lowest BCUT2D eigenvalue weighted by molar-refractivity contribution is -0.917. The van der Waals surface area contributed by atoms with Gasteiger partial charge in [-0.3, -0.25) is 4.57 Å². The fourth-order valence-corrected chi connectivity index (χ4v) is 3.35. The molecule has 27 heavy (non-hydrogen) atoms. The SMILES string of the molecule is C=CCOc1ccc(C[NH+](C)Cn2nc(C)n(-c3ccccc3)c2=S)cc1. The van der Waals surface area contributed by atoms with Crippen molar-refractivity contribution in [1.82, 2.24) is 14.3 Å². The van der Waals surface area contributed by atoms with Crippen molar-refractivity contribution in [3.8, 4) is 11.4 Å². The Morgan fingerprint density at radius 1 is 1.15 bits per heavy atom. The average Bonchev–Trinajstić information content (AvgIpc) is 2.95. The molecule has 3 aromatic rings. The molecule has 6 heteroatoms.